The Labute approximate surface area is 128 Å². The number of nitrogens with zero attached hydrogens (tertiary/aromatic N) is 2. The van der Waals surface area contributed by atoms with Gasteiger partial charge in [-0.15, -0.1) is 0 Å². The second-order valence-electron chi connectivity index (χ2n) is 4.93. The molecule has 1 fully saturated rings. The predicted molar refractivity (Wildman–Crippen MR) is 79.4 cm³/mol. The predicted octanol–water partition coefficient (Wildman–Crippen LogP) is 1.43. The number of benzene rings is 1. The zero-order valence-corrected chi connectivity index (χ0v) is 12.1. The number of hydrogen-bond acceptors (Lipinski definition) is 6. The lowest BCUT2D eigenvalue weighted by atomic mass is 10.2. The molecule has 6 nitrogen and oxygen atoms in total. The zero-order valence-electron chi connectivity index (χ0n) is 12.1. The van der Waals surface area contributed by atoms with Gasteiger partial charge in [-0.1, -0.05) is 0 Å². The van der Waals surface area contributed by atoms with Crippen LogP contribution in [-0.4, -0.2) is 47.6 Å². The normalized spacial score (nSPS) is 18.1. The highest BCUT2D eigenvalue weighted by atomic mass is 16.6. The van der Waals surface area contributed by atoms with Crippen molar-refractivity contribution in [2.45, 2.75) is 12.7 Å². The SMILES string of the molecule is OCc1ccnc(-c2ccc(OC[C@@H]3COCCO3)cc2)n1. The first kappa shape index (κ1) is 14.9. The largest absolute Gasteiger partial charge is 0.491 e. The molecule has 1 aromatic carbocycles. The molecule has 1 aliphatic rings. The summed E-state index contributed by atoms with van der Waals surface area (Å²) < 4.78 is 16.5. The maximum absolute atomic E-state index is 9.11. The van der Waals surface area contributed by atoms with E-state index in [1.807, 2.05) is 24.3 Å². The molecule has 0 unspecified atom stereocenters. The topological polar surface area (TPSA) is 73.7 Å². The lowest BCUT2D eigenvalue weighted by Crippen LogP contribution is -2.33. The maximum Gasteiger partial charge on any atom is 0.159 e. The van der Waals surface area contributed by atoms with Gasteiger partial charge in [0.05, 0.1) is 32.1 Å². The lowest BCUT2D eigenvalue weighted by molar-refractivity contribution is -0.101. The van der Waals surface area contributed by atoms with Crippen molar-refractivity contribution in [1.29, 1.82) is 0 Å². The number of ether oxygens (including phenoxy) is 3. The Hall–Kier alpha value is -2.02. The first-order chi connectivity index (χ1) is 10.8. The molecule has 1 atom stereocenters. The Morgan fingerprint density at radius 3 is 2.77 bits per heavy atom. The summed E-state index contributed by atoms with van der Waals surface area (Å²) in [7, 11) is 0. The minimum atomic E-state index is -0.0970. The molecule has 2 aromatic rings. The summed E-state index contributed by atoms with van der Waals surface area (Å²) in [6.45, 7) is 2.21. The molecule has 1 aliphatic heterocycles. The quantitative estimate of drug-likeness (QED) is 0.900. The summed E-state index contributed by atoms with van der Waals surface area (Å²) in [4.78, 5) is 8.48. The van der Waals surface area contributed by atoms with Crippen LogP contribution in [0.2, 0.25) is 0 Å². The average Bonchev–Trinajstić information content (AvgIpc) is 2.61. The molecular formula is C16H18N2O4. The summed E-state index contributed by atoms with van der Waals surface area (Å²) in [6, 6.07) is 9.21. The first-order valence-corrected chi connectivity index (χ1v) is 7.20. The van der Waals surface area contributed by atoms with Crippen LogP contribution in [0.15, 0.2) is 36.5 Å². The van der Waals surface area contributed by atoms with Gasteiger partial charge < -0.3 is 19.3 Å². The molecule has 116 valence electrons. The summed E-state index contributed by atoms with van der Waals surface area (Å²) in [5.41, 5.74) is 1.47. The Kier molecular flexibility index (Phi) is 4.95. The third-order valence-corrected chi connectivity index (χ3v) is 3.31. The molecule has 6 heteroatoms. The van der Waals surface area contributed by atoms with Crippen LogP contribution in [0, 0.1) is 0 Å². The van der Waals surface area contributed by atoms with E-state index < -0.39 is 0 Å². The van der Waals surface area contributed by atoms with Gasteiger partial charge in [-0.2, -0.15) is 0 Å². The standard InChI is InChI=1S/C16H18N2O4/c19-9-13-5-6-17-16(18-13)12-1-3-14(4-2-12)22-11-15-10-20-7-8-21-15/h1-6,15,19H,7-11H2/t15-/m0/s1. The highest BCUT2D eigenvalue weighted by Crippen LogP contribution is 2.20. The fourth-order valence-electron chi connectivity index (χ4n) is 2.15. The van der Waals surface area contributed by atoms with Gasteiger partial charge >= 0.3 is 0 Å². The number of hydrogen-bond donors (Lipinski definition) is 1. The van der Waals surface area contributed by atoms with Gasteiger partial charge in [0.15, 0.2) is 5.82 Å². The van der Waals surface area contributed by atoms with Gasteiger partial charge in [0.2, 0.25) is 0 Å². The van der Waals surface area contributed by atoms with Crippen molar-refractivity contribution >= 4 is 0 Å². The van der Waals surface area contributed by atoms with Crippen molar-refractivity contribution in [2.75, 3.05) is 26.4 Å². The first-order valence-electron chi connectivity index (χ1n) is 7.20. The van der Waals surface area contributed by atoms with E-state index in [1.54, 1.807) is 12.3 Å². The van der Waals surface area contributed by atoms with E-state index in [4.69, 9.17) is 19.3 Å². The smallest absolute Gasteiger partial charge is 0.159 e. The van der Waals surface area contributed by atoms with Crippen LogP contribution >= 0.6 is 0 Å². The van der Waals surface area contributed by atoms with Crippen molar-refractivity contribution in [3.63, 3.8) is 0 Å². The fourth-order valence-corrected chi connectivity index (χ4v) is 2.15. The van der Waals surface area contributed by atoms with E-state index in [0.29, 0.717) is 37.9 Å². The Morgan fingerprint density at radius 1 is 1.18 bits per heavy atom. The second-order valence-corrected chi connectivity index (χ2v) is 4.93. The molecule has 1 aromatic heterocycles. The van der Waals surface area contributed by atoms with Crippen LogP contribution in [0.1, 0.15) is 5.69 Å². The fraction of sp³-hybridized carbons (Fsp3) is 0.375. The molecule has 1 saturated heterocycles. The maximum atomic E-state index is 9.11. The minimum absolute atomic E-state index is 0.0157. The van der Waals surface area contributed by atoms with Crippen molar-refractivity contribution in [2.24, 2.45) is 0 Å². The highest BCUT2D eigenvalue weighted by Gasteiger charge is 2.14. The molecule has 3 rings (SSSR count). The van der Waals surface area contributed by atoms with Crippen molar-refractivity contribution in [3.8, 4) is 17.1 Å². The second kappa shape index (κ2) is 7.31. The van der Waals surface area contributed by atoms with Gasteiger partial charge in [-0.05, 0) is 30.3 Å². The van der Waals surface area contributed by atoms with Gasteiger partial charge in [0.1, 0.15) is 18.5 Å². The summed E-state index contributed by atoms with van der Waals surface area (Å²) in [6.07, 6.45) is 1.62. The number of rotatable bonds is 5. The van der Waals surface area contributed by atoms with Crippen LogP contribution in [-0.2, 0) is 16.1 Å². The molecule has 0 aliphatic carbocycles. The zero-order chi connectivity index (χ0) is 15.2. The van der Waals surface area contributed by atoms with Crippen LogP contribution in [0.5, 0.6) is 5.75 Å². The van der Waals surface area contributed by atoms with E-state index in [1.165, 1.54) is 0 Å². The molecule has 0 amide bonds. The molecular weight excluding hydrogens is 284 g/mol. The minimum Gasteiger partial charge on any atom is -0.491 e. The van der Waals surface area contributed by atoms with Gasteiger partial charge in [-0.3, -0.25) is 0 Å². The van der Waals surface area contributed by atoms with E-state index in [-0.39, 0.29) is 12.7 Å². The molecule has 0 spiro atoms. The van der Waals surface area contributed by atoms with Gasteiger partial charge in [0.25, 0.3) is 0 Å². The highest BCUT2D eigenvalue weighted by molar-refractivity contribution is 5.56. The molecule has 0 bridgehead atoms. The Bertz CT molecular complexity index is 597. The van der Waals surface area contributed by atoms with Crippen molar-refractivity contribution in [1.82, 2.24) is 9.97 Å². The van der Waals surface area contributed by atoms with E-state index >= 15 is 0 Å². The third-order valence-electron chi connectivity index (χ3n) is 3.31. The van der Waals surface area contributed by atoms with E-state index in [2.05, 4.69) is 9.97 Å². The number of aliphatic hydroxyl groups is 1. The van der Waals surface area contributed by atoms with Crippen molar-refractivity contribution < 1.29 is 19.3 Å². The van der Waals surface area contributed by atoms with Gasteiger partial charge in [-0.25, -0.2) is 9.97 Å². The summed E-state index contributed by atoms with van der Waals surface area (Å²) in [5, 5.41) is 9.11. The molecule has 2 heterocycles. The van der Waals surface area contributed by atoms with Crippen LogP contribution < -0.4 is 4.74 Å². The molecule has 0 saturated carbocycles. The van der Waals surface area contributed by atoms with Crippen molar-refractivity contribution in [3.05, 3.63) is 42.2 Å². The number of aromatic nitrogens is 2. The van der Waals surface area contributed by atoms with Crippen LogP contribution in [0.3, 0.4) is 0 Å². The monoisotopic (exact) mass is 302 g/mol. The molecule has 22 heavy (non-hydrogen) atoms. The van der Waals surface area contributed by atoms with Crippen LogP contribution in [0.4, 0.5) is 0 Å². The van der Waals surface area contributed by atoms with E-state index in [9.17, 15) is 0 Å². The molecule has 0 radical (unpaired) electrons. The third kappa shape index (κ3) is 3.79. The average molecular weight is 302 g/mol. The summed E-state index contributed by atoms with van der Waals surface area (Å²) in [5.74, 6) is 1.35. The van der Waals surface area contributed by atoms with E-state index in [0.717, 1.165) is 11.3 Å². The lowest BCUT2D eigenvalue weighted by Gasteiger charge is -2.22. The Balaban J connectivity index is 1.61. The van der Waals surface area contributed by atoms with Crippen LogP contribution in [0.25, 0.3) is 11.4 Å². The van der Waals surface area contributed by atoms with Gasteiger partial charge in [0, 0.05) is 11.8 Å². The summed E-state index contributed by atoms with van der Waals surface area (Å²) >= 11 is 0. The number of aliphatic hydroxyl groups excluding tert-OH is 1. The Morgan fingerprint density at radius 2 is 2.05 bits per heavy atom. The molecule has 1 N–H and O–H groups in total.